The van der Waals surface area contributed by atoms with Crippen LogP contribution >= 0.6 is 0 Å². The molecule has 0 aliphatic heterocycles. The Balaban J connectivity index is 1.87. The Morgan fingerprint density at radius 1 is 1.40 bits per heavy atom. The molecule has 1 fully saturated rings. The summed E-state index contributed by atoms with van der Waals surface area (Å²) in [5.74, 6) is 0.953. The highest BCUT2D eigenvalue weighted by atomic mass is 16.5. The summed E-state index contributed by atoms with van der Waals surface area (Å²) in [6.07, 6.45) is 2.03. The third-order valence-electron chi connectivity index (χ3n) is 3.80. The number of ether oxygens (including phenoxy) is 1. The molecule has 0 saturated heterocycles. The second-order valence-electron chi connectivity index (χ2n) is 5.50. The first kappa shape index (κ1) is 12.9. The van der Waals surface area contributed by atoms with Crippen molar-refractivity contribution in [2.24, 2.45) is 11.7 Å². The molecular formula is C16H17N3O. The lowest BCUT2D eigenvalue weighted by atomic mass is 9.98. The summed E-state index contributed by atoms with van der Waals surface area (Å²) in [5, 5.41) is 10.3. The molecule has 4 nitrogen and oxygen atoms in total. The number of nitriles is 1. The van der Waals surface area contributed by atoms with Crippen LogP contribution in [0.5, 0.6) is 5.75 Å². The van der Waals surface area contributed by atoms with E-state index in [1.165, 1.54) is 0 Å². The molecule has 1 aromatic heterocycles. The molecule has 1 aliphatic carbocycles. The lowest BCUT2D eigenvalue weighted by molar-refractivity contribution is 0.239. The zero-order valence-electron chi connectivity index (χ0n) is 11.5. The minimum Gasteiger partial charge on any atom is -0.488 e. The quantitative estimate of drug-likeness (QED) is 0.924. The second kappa shape index (κ2) is 4.77. The van der Waals surface area contributed by atoms with Crippen molar-refractivity contribution in [3.05, 3.63) is 36.0 Å². The van der Waals surface area contributed by atoms with Gasteiger partial charge in [-0.05, 0) is 37.8 Å². The minimum absolute atomic E-state index is 0.211. The van der Waals surface area contributed by atoms with Crippen LogP contribution in [0.2, 0.25) is 0 Å². The third-order valence-corrected chi connectivity index (χ3v) is 3.80. The Bertz CT molecular complexity index is 688. The summed E-state index contributed by atoms with van der Waals surface area (Å²) in [4.78, 5) is 4.51. The van der Waals surface area contributed by atoms with E-state index in [4.69, 9.17) is 10.5 Å². The smallest absolute Gasteiger partial charge is 0.145 e. The predicted octanol–water partition coefficient (Wildman–Crippen LogP) is 2.55. The predicted molar refractivity (Wildman–Crippen MR) is 77.2 cm³/mol. The molecule has 2 N–H and O–H groups in total. The van der Waals surface area contributed by atoms with Crippen molar-refractivity contribution >= 4 is 10.9 Å². The number of aromatic nitrogens is 1. The van der Waals surface area contributed by atoms with Crippen molar-refractivity contribution < 1.29 is 4.74 Å². The Hall–Kier alpha value is -2.12. The van der Waals surface area contributed by atoms with Crippen molar-refractivity contribution in [1.29, 1.82) is 5.26 Å². The van der Waals surface area contributed by atoms with E-state index in [1.54, 1.807) is 0 Å². The molecule has 4 heteroatoms. The first-order chi connectivity index (χ1) is 9.62. The van der Waals surface area contributed by atoms with Crippen LogP contribution < -0.4 is 10.5 Å². The Kier molecular flexibility index (Phi) is 3.07. The summed E-state index contributed by atoms with van der Waals surface area (Å²) >= 11 is 0. The fourth-order valence-electron chi connectivity index (χ4n) is 2.37. The van der Waals surface area contributed by atoms with E-state index < -0.39 is 5.54 Å². The maximum absolute atomic E-state index is 9.26. The highest BCUT2D eigenvalue weighted by molar-refractivity contribution is 5.84. The fraction of sp³-hybridized carbons (Fsp3) is 0.375. The molecule has 0 radical (unpaired) electrons. The summed E-state index contributed by atoms with van der Waals surface area (Å²) in [6.45, 7) is 2.16. The van der Waals surface area contributed by atoms with Gasteiger partial charge in [0.15, 0.2) is 0 Å². The van der Waals surface area contributed by atoms with Gasteiger partial charge in [-0.15, -0.1) is 0 Å². The molecule has 1 saturated carbocycles. The van der Waals surface area contributed by atoms with Crippen LogP contribution in [0.3, 0.4) is 0 Å². The first-order valence-electron chi connectivity index (χ1n) is 6.82. The number of aryl methyl sites for hydroxylation is 1. The van der Waals surface area contributed by atoms with Gasteiger partial charge in [-0.3, -0.25) is 0 Å². The first-order valence-corrected chi connectivity index (χ1v) is 6.82. The molecule has 1 unspecified atom stereocenters. The highest BCUT2D eigenvalue weighted by Crippen LogP contribution is 2.38. The Morgan fingerprint density at radius 3 is 2.90 bits per heavy atom. The summed E-state index contributed by atoms with van der Waals surface area (Å²) in [7, 11) is 0. The van der Waals surface area contributed by atoms with Crippen molar-refractivity contribution in [3.8, 4) is 11.8 Å². The van der Waals surface area contributed by atoms with E-state index in [9.17, 15) is 5.26 Å². The molecule has 2 aromatic rings. The number of hydrogen-bond acceptors (Lipinski definition) is 4. The van der Waals surface area contributed by atoms with E-state index in [0.29, 0.717) is 5.75 Å². The van der Waals surface area contributed by atoms with E-state index >= 15 is 0 Å². The van der Waals surface area contributed by atoms with Crippen LogP contribution in [-0.2, 0) is 0 Å². The van der Waals surface area contributed by atoms with Crippen LogP contribution in [0.1, 0.15) is 18.5 Å². The molecule has 3 rings (SSSR count). The van der Waals surface area contributed by atoms with Gasteiger partial charge >= 0.3 is 0 Å². The van der Waals surface area contributed by atoms with Gasteiger partial charge in [-0.2, -0.15) is 5.26 Å². The van der Waals surface area contributed by atoms with Gasteiger partial charge in [0.2, 0.25) is 0 Å². The molecule has 1 aromatic carbocycles. The molecule has 1 aliphatic rings. The van der Waals surface area contributed by atoms with Gasteiger partial charge in [-0.25, -0.2) is 4.98 Å². The number of fused-ring (bicyclic) bond motifs is 1. The molecular weight excluding hydrogens is 250 g/mol. The third kappa shape index (κ3) is 2.33. The average Bonchev–Trinajstić information content (AvgIpc) is 3.29. The maximum atomic E-state index is 9.26. The van der Waals surface area contributed by atoms with Crippen molar-refractivity contribution in [3.63, 3.8) is 0 Å². The molecule has 20 heavy (non-hydrogen) atoms. The SMILES string of the molecule is Cc1ccc2cccc(OCC(N)(C#N)C3CC3)c2n1. The average molecular weight is 267 g/mol. The second-order valence-corrected chi connectivity index (χ2v) is 5.50. The van der Waals surface area contributed by atoms with Gasteiger partial charge in [0, 0.05) is 11.1 Å². The van der Waals surface area contributed by atoms with Gasteiger partial charge in [0.25, 0.3) is 0 Å². The monoisotopic (exact) mass is 267 g/mol. The normalized spacial score (nSPS) is 17.4. The van der Waals surface area contributed by atoms with Crippen LogP contribution in [0.4, 0.5) is 0 Å². The highest BCUT2D eigenvalue weighted by Gasteiger charge is 2.43. The van der Waals surface area contributed by atoms with Crippen LogP contribution in [0.15, 0.2) is 30.3 Å². The molecule has 0 amide bonds. The van der Waals surface area contributed by atoms with E-state index in [0.717, 1.165) is 29.4 Å². The van der Waals surface area contributed by atoms with E-state index in [2.05, 4.69) is 11.1 Å². The van der Waals surface area contributed by atoms with Gasteiger partial charge in [0.1, 0.15) is 23.4 Å². The van der Waals surface area contributed by atoms with Crippen LogP contribution in [0.25, 0.3) is 10.9 Å². The number of nitrogens with zero attached hydrogens (tertiary/aromatic N) is 2. The zero-order valence-corrected chi connectivity index (χ0v) is 11.5. The molecule has 0 bridgehead atoms. The lowest BCUT2D eigenvalue weighted by Gasteiger charge is -2.21. The number of benzene rings is 1. The number of hydrogen-bond donors (Lipinski definition) is 1. The number of para-hydroxylation sites is 1. The molecule has 1 heterocycles. The van der Waals surface area contributed by atoms with Crippen molar-refractivity contribution in [2.75, 3.05) is 6.61 Å². The number of pyridine rings is 1. The van der Waals surface area contributed by atoms with Crippen LogP contribution in [-0.4, -0.2) is 17.1 Å². The minimum atomic E-state index is -0.883. The summed E-state index contributed by atoms with van der Waals surface area (Å²) < 4.78 is 5.82. The van der Waals surface area contributed by atoms with Gasteiger partial charge in [-0.1, -0.05) is 18.2 Å². The largest absolute Gasteiger partial charge is 0.488 e. The standard InChI is InChI=1S/C16H17N3O/c1-11-5-6-12-3-2-4-14(15(12)19-11)20-10-16(18,9-17)13-7-8-13/h2-6,13H,7-8,10,18H2,1H3. The number of rotatable bonds is 4. The Labute approximate surface area is 118 Å². The van der Waals surface area contributed by atoms with Gasteiger partial charge in [0.05, 0.1) is 6.07 Å². The van der Waals surface area contributed by atoms with Crippen molar-refractivity contribution in [2.45, 2.75) is 25.3 Å². The Morgan fingerprint density at radius 2 is 2.20 bits per heavy atom. The molecule has 0 spiro atoms. The van der Waals surface area contributed by atoms with E-state index in [-0.39, 0.29) is 12.5 Å². The molecule has 102 valence electrons. The van der Waals surface area contributed by atoms with E-state index in [1.807, 2.05) is 37.3 Å². The summed E-state index contributed by atoms with van der Waals surface area (Å²) in [6, 6.07) is 12.0. The lowest BCUT2D eigenvalue weighted by Crippen LogP contribution is -2.46. The maximum Gasteiger partial charge on any atom is 0.145 e. The molecule has 1 atom stereocenters. The summed E-state index contributed by atoms with van der Waals surface area (Å²) in [5.41, 5.74) is 7.00. The van der Waals surface area contributed by atoms with Crippen LogP contribution in [0, 0.1) is 24.2 Å². The fourth-order valence-corrected chi connectivity index (χ4v) is 2.37. The number of nitrogens with two attached hydrogens (primary N) is 1. The zero-order chi connectivity index (χ0) is 14.2. The van der Waals surface area contributed by atoms with Crippen molar-refractivity contribution in [1.82, 2.24) is 4.98 Å². The topological polar surface area (TPSA) is 71.9 Å². The van der Waals surface area contributed by atoms with Gasteiger partial charge < -0.3 is 10.5 Å².